The second-order valence-corrected chi connectivity index (χ2v) is 8.96. The molecule has 0 unspecified atom stereocenters. The molecule has 8 heteroatoms. The van der Waals surface area contributed by atoms with E-state index in [1.54, 1.807) is 31.3 Å². The molecular weight excluding hydrogens is 453 g/mol. The van der Waals surface area contributed by atoms with Crippen molar-refractivity contribution in [3.8, 4) is 5.69 Å². The molecule has 5 nitrogen and oxygen atoms in total. The minimum atomic E-state index is -0.127. The highest BCUT2D eigenvalue weighted by atomic mass is 35.5. The Hall–Kier alpha value is -2.54. The first-order valence-electron chi connectivity index (χ1n) is 9.54. The molecule has 2 heterocycles. The highest BCUT2D eigenvalue weighted by Gasteiger charge is 2.18. The van der Waals surface area contributed by atoms with Crippen LogP contribution in [0, 0.1) is 13.8 Å². The van der Waals surface area contributed by atoms with Gasteiger partial charge in [-0.25, -0.2) is 4.98 Å². The van der Waals surface area contributed by atoms with Crippen LogP contribution in [0.1, 0.15) is 21.7 Å². The summed E-state index contributed by atoms with van der Waals surface area (Å²) in [5.41, 5.74) is 3.70. The average Bonchev–Trinajstić information content (AvgIpc) is 3.05. The lowest BCUT2D eigenvalue weighted by Crippen LogP contribution is -2.20. The summed E-state index contributed by atoms with van der Waals surface area (Å²) in [6.45, 7) is 3.84. The van der Waals surface area contributed by atoms with E-state index in [9.17, 15) is 9.59 Å². The molecule has 0 aliphatic heterocycles. The predicted octanol–water partition coefficient (Wildman–Crippen LogP) is 5.62. The molecule has 0 atom stereocenters. The molecule has 4 rings (SSSR count). The van der Waals surface area contributed by atoms with Gasteiger partial charge in [-0.1, -0.05) is 47.1 Å². The van der Waals surface area contributed by atoms with Crippen molar-refractivity contribution in [2.45, 2.75) is 19.0 Å². The molecule has 0 aliphatic rings. The Morgan fingerprint density at radius 2 is 1.81 bits per heavy atom. The lowest BCUT2D eigenvalue weighted by molar-refractivity contribution is 0.102. The molecule has 0 saturated carbocycles. The zero-order chi connectivity index (χ0) is 22.3. The van der Waals surface area contributed by atoms with Crippen LogP contribution in [-0.4, -0.2) is 25.7 Å². The van der Waals surface area contributed by atoms with Gasteiger partial charge in [0.25, 0.3) is 5.56 Å². The van der Waals surface area contributed by atoms with Crippen LogP contribution in [0.3, 0.4) is 0 Å². The first kappa shape index (κ1) is 21.7. The number of hydrogen-bond donors (Lipinski definition) is 0. The molecule has 158 valence electrons. The van der Waals surface area contributed by atoms with Crippen LogP contribution in [-0.2, 0) is 7.05 Å². The fourth-order valence-corrected chi connectivity index (χ4v) is 4.75. The molecule has 0 amide bonds. The van der Waals surface area contributed by atoms with Gasteiger partial charge in [0.05, 0.1) is 26.7 Å². The van der Waals surface area contributed by atoms with Crippen LogP contribution < -0.4 is 5.56 Å². The molecule has 0 N–H and O–H groups in total. The molecule has 0 saturated heterocycles. The van der Waals surface area contributed by atoms with Crippen LogP contribution in [0.4, 0.5) is 0 Å². The molecule has 4 aromatic rings. The third-order valence-electron chi connectivity index (χ3n) is 5.17. The van der Waals surface area contributed by atoms with Gasteiger partial charge in [-0.2, -0.15) is 0 Å². The van der Waals surface area contributed by atoms with E-state index in [2.05, 4.69) is 4.98 Å². The SMILES string of the molecule is Cc1cc(C(=O)CSc2nc3ccccc3c(=O)n2C)c(C)n1-c1ccc(Cl)c(Cl)c1. The van der Waals surface area contributed by atoms with E-state index in [0.717, 1.165) is 17.1 Å². The van der Waals surface area contributed by atoms with Gasteiger partial charge >= 0.3 is 0 Å². The van der Waals surface area contributed by atoms with Gasteiger partial charge in [0.15, 0.2) is 10.9 Å². The Morgan fingerprint density at radius 3 is 2.55 bits per heavy atom. The average molecular weight is 472 g/mol. The molecule has 0 radical (unpaired) electrons. The van der Waals surface area contributed by atoms with Gasteiger partial charge in [-0.15, -0.1) is 0 Å². The number of aryl methyl sites for hydroxylation is 1. The number of aromatic nitrogens is 3. The van der Waals surface area contributed by atoms with E-state index in [-0.39, 0.29) is 17.1 Å². The number of carbonyl (C=O) groups excluding carboxylic acids is 1. The summed E-state index contributed by atoms with van der Waals surface area (Å²) in [6, 6.07) is 14.5. The largest absolute Gasteiger partial charge is 0.318 e. The Morgan fingerprint density at radius 1 is 1.06 bits per heavy atom. The normalized spacial score (nSPS) is 11.3. The number of fused-ring (bicyclic) bond motifs is 1. The van der Waals surface area contributed by atoms with Crippen LogP contribution >= 0.6 is 35.0 Å². The summed E-state index contributed by atoms with van der Waals surface area (Å²) in [6.07, 6.45) is 0. The highest BCUT2D eigenvalue weighted by molar-refractivity contribution is 7.99. The van der Waals surface area contributed by atoms with Gasteiger partial charge < -0.3 is 4.57 Å². The molecule has 2 aromatic carbocycles. The van der Waals surface area contributed by atoms with Gasteiger partial charge in [0.1, 0.15) is 0 Å². The standard InChI is InChI=1S/C23H19Cl2N3O2S/c1-13-10-17(14(2)28(13)15-8-9-18(24)19(25)11-15)21(29)12-31-23-26-20-7-5-4-6-16(20)22(30)27(23)3/h4-11H,12H2,1-3H3. The second-order valence-electron chi connectivity index (χ2n) is 7.21. The Balaban J connectivity index is 1.62. The summed E-state index contributed by atoms with van der Waals surface area (Å²) in [5, 5.41) is 2.01. The molecule has 0 aliphatic carbocycles. The third kappa shape index (κ3) is 4.03. The lowest BCUT2D eigenvalue weighted by atomic mass is 10.2. The molecule has 2 aromatic heterocycles. The summed E-state index contributed by atoms with van der Waals surface area (Å²) in [5.74, 6) is 0.136. The number of nitrogens with zero attached hydrogens (tertiary/aromatic N) is 3. The highest BCUT2D eigenvalue weighted by Crippen LogP contribution is 2.28. The summed E-state index contributed by atoms with van der Waals surface area (Å²) < 4.78 is 3.46. The summed E-state index contributed by atoms with van der Waals surface area (Å²) in [7, 11) is 1.67. The summed E-state index contributed by atoms with van der Waals surface area (Å²) >= 11 is 13.5. The fourth-order valence-electron chi connectivity index (χ4n) is 3.60. The van der Waals surface area contributed by atoms with E-state index in [4.69, 9.17) is 23.2 Å². The maximum absolute atomic E-state index is 13.0. The third-order valence-corrected chi connectivity index (χ3v) is 6.94. The molecule has 0 fully saturated rings. The zero-order valence-electron chi connectivity index (χ0n) is 17.1. The zero-order valence-corrected chi connectivity index (χ0v) is 19.5. The van der Waals surface area contributed by atoms with Crippen molar-refractivity contribution in [3.63, 3.8) is 0 Å². The Kier molecular flexibility index (Phi) is 5.97. The number of ketones is 1. The number of halogens is 2. The monoisotopic (exact) mass is 471 g/mol. The van der Waals surface area contributed by atoms with Crippen LogP contribution in [0.25, 0.3) is 16.6 Å². The van der Waals surface area contributed by atoms with E-state index in [0.29, 0.717) is 31.7 Å². The van der Waals surface area contributed by atoms with E-state index >= 15 is 0 Å². The first-order valence-corrected chi connectivity index (χ1v) is 11.3. The van der Waals surface area contributed by atoms with Gasteiger partial charge in [-0.05, 0) is 50.2 Å². The molecule has 31 heavy (non-hydrogen) atoms. The van der Waals surface area contributed by atoms with Crippen molar-refractivity contribution < 1.29 is 4.79 Å². The maximum Gasteiger partial charge on any atom is 0.261 e. The summed E-state index contributed by atoms with van der Waals surface area (Å²) in [4.78, 5) is 30.1. The van der Waals surface area contributed by atoms with Crippen LogP contribution in [0.5, 0.6) is 0 Å². The molecular formula is C23H19Cl2N3O2S. The number of thioether (sulfide) groups is 1. The fraction of sp³-hybridized carbons (Fsp3) is 0.174. The Bertz CT molecular complexity index is 1390. The number of carbonyl (C=O) groups is 1. The topological polar surface area (TPSA) is 56.9 Å². The van der Waals surface area contributed by atoms with Crippen molar-refractivity contribution in [1.82, 2.24) is 14.1 Å². The van der Waals surface area contributed by atoms with E-state index < -0.39 is 0 Å². The van der Waals surface area contributed by atoms with Gasteiger partial charge in [0, 0.05) is 29.7 Å². The van der Waals surface area contributed by atoms with Crippen molar-refractivity contribution in [3.05, 3.63) is 85.9 Å². The maximum atomic E-state index is 13.0. The predicted molar refractivity (Wildman–Crippen MR) is 127 cm³/mol. The first-order chi connectivity index (χ1) is 14.8. The van der Waals surface area contributed by atoms with E-state index in [1.165, 1.54) is 16.3 Å². The van der Waals surface area contributed by atoms with Crippen LogP contribution in [0.2, 0.25) is 10.0 Å². The van der Waals surface area contributed by atoms with Crippen molar-refractivity contribution >= 4 is 51.6 Å². The lowest BCUT2D eigenvalue weighted by Gasteiger charge is -2.11. The number of Topliss-reactive ketones (excluding diaryl/α,β-unsaturated/α-hetero) is 1. The van der Waals surface area contributed by atoms with Crippen LogP contribution in [0.15, 0.2) is 58.5 Å². The van der Waals surface area contributed by atoms with E-state index in [1.807, 2.05) is 42.7 Å². The number of benzene rings is 2. The number of para-hydroxylation sites is 1. The van der Waals surface area contributed by atoms with Crippen molar-refractivity contribution in [2.75, 3.05) is 5.75 Å². The van der Waals surface area contributed by atoms with Gasteiger partial charge in [-0.3, -0.25) is 14.2 Å². The second kappa shape index (κ2) is 8.54. The minimum absolute atomic E-state index is 0.0354. The smallest absolute Gasteiger partial charge is 0.261 e. The Labute approximate surface area is 193 Å². The number of hydrogen-bond acceptors (Lipinski definition) is 4. The number of rotatable bonds is 5. The van der Waals surface area contributed by atoms with Crippen molar-refractivity contribution in [2.24, 2.45) is 7.05 Å². The minimum Gasteiger partial charge on any atom is -0.318 e. The quantitative estimate of drug-likeness (QED) is 0.215. The van der Waals surface area contributed by atoms with Gasteiger partial charge in [0.2, 0.25) is 0 Å². The van der Waals surface area contributed by atoms with Crippen molar-refractivity contribution in [1.29, 1.82) is 0 Å². The molecule has 0 bridgehead atoms. The molecule has 0 spiro atoms.